The average molecular weight is 251 g/mol. The molecule has 0 aliphatic heterocycles. The summed E-state index contributed by atoms with van der Waals surface area (Å²) in [4.78, 5) is 0. The van der Waals surface area contributed by atoms with Crippen molar-refractivity contribution in [1.29, 1.82) is 0 Å². The Hall–Kier alpha value is -0.970. The highest BCUT2D eigenvalue weighted by molar-refractivity contribution is 5.00. The lowest BCUT2D eigenvalue weighted by atomic mass is 9.75. The lowest BCUT2D eigenvalue weighted by molar-refractivity contribution is 0.109. The molecule has 1 heterocycles. The van der Waals surface area contributed by atoms with Crippen molar-refractivity contribution >= 4 is 0 Å². The van der Waals surface area contributed by atoms with Crippen LogP contribution in [-0.2, 0) is 5.54 Å². The number of hydrogen-bond acceptors (Lipinski definition) is 4. The lowest BCUT2D eigenvalue weighted by Crippen LogP contribution is -2.43. The Kier molecular flexibility index (Phi) is 4.00. The van der Waals surface area contributed by atoms with E-state index < -0.39 is 0 Å². The van der Waals surface area contributed by atoms with E-state index in [1.165, 1.54) is 19.3 Å². The Labute approximate surface area is 109 Å². The van der Waals surface area contributed by atoms with E-state index in [-0.39, 0.29) is 11.6 Å². The van der Waals surface area contributed by atoms with Crippen LogP contribution in [0.25, 0.3) is 0 Å². The van der Waals surface area contributed by atoms with E-state index in [4.69, 9.17) is 0 Å². The minimum absolute atomic E-state index is 0.187. The molecule has 1 aliphatic rings. The zero-order chi connectivity index (χ0) is 13.2. The van der Waals surface area contributed by atoms with E-state index in [1.807, 2.05) is 0 Å². The van der Waals surface area contributed by atoms with E-state index in [0.717, 1.165) is 18.8 Å². The first-order chi connectivity index (χ1) is 8.59. The van der Waals surface area contributed by atoms with E-state index in [1.54, 1.807) is 0 Å². The molecule has 5 heteroatoms. The summed E-state index contributed by atoms with van der Waals surface area (Å²) >= 11 is 0. The lowest BCUT2D eigenvalue weighted by Gasteiger charge is -2.41. The topological polar surface area (TPSA) is 55.6 Å². The molecule has 0 saturated heterocycles. The third-order valence-electron chi connectivity index (χ3n) is 4.10. The first-order valence-electron chi connectivity index (χ1n) is 7.11. The second-order valence-electron chi connectivity index (χ2n) is 5.90. The number of nitrogens with zero attached hydrogens (tertiary/aromatic N) is 4. The molecule has 0 spiro atoms. The highest BCUT2D eigenvalue weighted by Crippen LogP contribution is 2.42. The minimum Gasteiger partial charge on any atom is -0.307 e. The van der Waals surface area contributed by atoms with Gasteiger partial charge in [0.05, 0.1) is 11.6 Å². The van der Waals surface area contributed by atoms with Gasteiger partial charge in [0.1, 0.15) is 0 Å². The van der Waals surface area contributed by atoms with E-state index >= 15 is 0 Å². The van der Waals surface area contributed by atoms with Crippen LogP contribution < -0.4 is 5.32 Å². The van der Waals surface area contributed by atoms with Crippen molar-refractivity contribution in [2.45, 2.75) is 65.0 Å². The molecule has 1 N–H and O–H groups in total. The standard InChI is InChI=1S/C13H25N5/c1-5-13(7-6-8-13)18-12(15-16-17-18)11(4)14-9-10(2)3/h10-11,14H,5-9H2,1-4H3. The van der Waals surface area contributed by atoms with E-state index in [9.17, 15) is 0 Å². The van der Waals surface area contributed by atoms with Gasteiger partial charge in [-0.1, -0.05) is 20.8 Å². The van der Waals surface area contributed by atoms with Crippen LogP contribution in [0.1, 0.15) is 65.2 Å². The Morgan fingerprint density at radius 3 is 2.56 bits per heavy atom. The molecule has 1 fully saturated rings. The molecule has 2 rings (SSSR count). The highest BCUT2D eigenvalue weighted by Gasteiger charge is 2.40. The number of rotatable bonds is 6. The van der Waals surface area contributed by atoms with Crippen LogP contribution in [0.4, 0.5) is 0 Å². The van der Waals surface area contributed by atoms with E-state index in [0.29, 0.717) is 5.92 Å². The summed E-state index contributed by atoms with van der Waals surface area (Å²) < 4.78 is 2.08. The summed E-state index contributed by atoms with van der Waals surface area (Å²) in [6.07, 6.45) is 4.82. The van der Waals surface area contributed by atoms with Gasteiger partial charge in [0, 0.05) is 0 Å². The van der Waals surface area contributed by atoms with Crippen molar-refractivity contribution in [1.82, 2.24) is 25.5 Å². The van der Waals surface area contributed by atoms with Crippen molar-refractivity contribution < 1.29 is 0 Å². The fourth-order valence-corrected chi connectivity index (χ4v) is 2.61. The molecule has 0 aromatic carbocycles. The number of aromatic nitrogens is 4. The van der Waals surface area contributed by atoms with Gasteiger partial charge in [0.2, 0.25) is 0 Å². The summed E-state index contributed by atoms with van der Waals surface area (Å²) in [5, 5.41) is 15.9. The molecular weight excluding hydrogens is 226 g/mol. The molecule has 1 aromatic heterocycles. The van der Waals surface area contributed by atoms with Crippen molar-refractivity contribution in [2.75, 3.05) is 6.54 Å². The smallest absolute Gasteiger partial charge is 0.168 e. The van der Waals surface area contributed by atoms with Crippen LogP contribution in [-0.4, -0.2) is 26.8 Å². The molecule has 102 valence electrons. The first kappa shape index (κ1) is 13.5. The molecule has 1 aromatic rings. The van der Waals surface area contributed by atoms with Crippen LogP contribution in [0, 0.1) is 5.92 Å². The Balaban J connectivity index is 2.12. The van der Waals surface area contributed by atoms with Gasteiger partial charge in [-0.15, -0.1) is 5.10 Å². The van der Waals surface area contributed by atoms with Crippen molar-refractivity contribution in [3.8, 4) is 0 Å². The zero-order valence-electron chi connectivity index (χ0n) is 12.0. The summed E-state index contributed by atoms with van der Waals surface area (Å²) in [5.74, 6) is 1.62. The maximum Gasteiger partial charge on any atom is 0.168 e. The van der Waals surface area contributed by atoms with Gasteiger partial charge >= 0.3 is 0 Å². The van der Waals surface area contributed by atoms with Crippen LogP contribution in [0.5, 0.6) is 0 Å². The Morgan fingerprint density at radius 1 is 1.33 bits per heavy atom. The third-order valence-corrected chi connectivity index (χ3v) is 4.10. The van der Waals surface area contributed by atoms with Crippen LogP contribution in [0.2, 0.25) is 0 Å². The predicted octanol–water partition coefficient (Wildman–Crippen LogP) is 2.27. The van der Waals surface area contributed by atoms with Gasteiger partial charge in [0.25, 0.3) is 0 Å². The average Bonchev–Trinajstić information content (AvgIpc) is 2.75. The second kappa shape index (κ2) is 5.34. The molecule has 0 amide bonds. The maximum absolute atomic E-state index is 4.24. The molecule has 0 radical (unpaired) electrons. The SMILES string of the molecule is CCC1(n2nnnc2C(C)NCC(C)C)CCC1. The maximum atomic E-state index is 4.24. The first-order valence-corrected chi connectivity index (χ1v) is 7.11. The number of hydrogen-bond donors (Lipinski definition) is 1. The number of tetrazole rings is 1. The number of nitrogens with one attached hydrogen (secondary N) is 1. The van der Waals surface area contributed by atoms with E-state index in [2.05, 4.69) is 53.2 Å². The summed E-state index contributed by atoms with van der Waals surface area (Å²) in [5.41, 5.74) is 0.187. The third kappa shape index (κ3) is 2.41. The predicted molar refractivity (Wildman–Crippen MR) is 71.2 cm³/mol. The highest BCUT2D eigenvalue weighted by atomic mass is 15.6. The molecule has 1 atom stereocenters. The molecule has 0 bridgehead atoms. The van der Waals surface area contributed by atoms with Gasteiger partial charge in [-0.2, -0.15) is 0 Å². The monoisotopic (exact) mass is 251 g/mol. The fourth-order valence-electron chi connectivity index (χ4n) is 2.61. The van der Waals surface area contributed by atoms with Gasteiger partial charge in [0.15, 0.2) is 5.82 Å². The molecule has 1 unspecified atom stereocenters. The molecular formula is C13H25N5. The molecule has 1 aliphatic carbocycles. The minimum atomic E-state index is 0.187. The van der Waals surface area contributed by atoms with Crippen molar-refractivity contribution in [2.24, 2.45) is 5.92 Å². The largest absolute Gasteiger partial charge is 0.307 e. The Bertz CT molecular complexity index is 375. The summed E-state index contributed by atoms with van der Waals surface area (Å²) in [6, 6.07) is 0.214. The fraction of sp³-hybridized carbons (Fsp3) is 0.923. The van der Waals surface area contributed by atoms with Crippen LogP contribution in [0.15, 0.2) is 0 Å². The molecule has 5 nitrogen and oxygen atoms in total. The Morgan fingerprint density at radius 2 is 2.06 bits per heavy atom. The normalized spacial score (nSPS) is 19.8. The van der Waals surface area contributed by atoms with Crippen LogP contribution >= 0.6 is 0 Å². The van der Waals surface area contributed by atoms with Gasteiger partial charge in [-0.25, -0.2) is 4.68 Å². The van der Waals surface area contributed by atoms with Crippen molar-refractivity contribution in [3.05, 3.63) is 5.82 Å². The zero-order valence-corrected chi connectivity index (χ0v) is 12.0. The second-order valence-corrected chi connectivity index (χ2v) is 5.90. The van der Waals surface area contributed by atoms with Crippen LogP contribution in [0.3, 0.4) is 0 Å². The molecule has 18 heavy (non-hydrogen) atoms. The van der Waals surface area contributed by atoms with Crippen molar-refractivity contribution in [3.63, 3.8) is 0 Å². The van der Waals surface area contributed by atoms with Gasteiger partial charge < -0.3 is 5.32 Å². The molecule has 1 saturated carbocycles. The quantitative estimate of drug-likeness (QED) is 0.842. The van der Waals surface area contributed by atoms with Gasteiger partial charge in [-0.05, 0) is 55.5 Å². The summed E-state index contributed by atoms with van der Waals surface area (Å²) in [7, 11) is 0. The van der Waals surface area contributed by atoms with Gasteiger partial charge in [-0.3, -0.25) is 0 Å². The summed E-state index contributed by atoms with van der Waals surface area (Å²) in [6.45, 7) is 9.79.